The maximum Gasteiger partial charge on any atom is 0.135 e. The molecule has 25 heavy (non-hydrogen) atoms. The summed E-state index contributed by atoms with van der Waals surface area (Å²) in [5.41, 5.74) is 4.99. The molecule has 0 aliphatic rings. The number of anilines is 1. The molecule has 4 aromatic rings. The molecule has 0 spiro atoms. The topological polar surface area (TPSA) is 37.8 Å². The molecular weight excluding hydrogens is 306 g/mol. The van der Waals surface area contributed by atoms with Crippen LogP contribution in [-0.4, -0.2) is 9.97 Å². The molecule has 0 aliphatic heterocycles. The molecule has 0 saturated heterocycles. The van der Waals surface area contributed by atoms with E-state index in [1.165, 1.54) is 22.3 Å². The van der Waals surface area contributed by atoms with Crippen LogP contribution < -0.4 is 5.32 Å². The van der Waals surface area contributed by atoms with Crippen LogP contribution in [0.2, 0.25) is 0 Å². The zero-order valence-electron chi connectivity index (χ0n) is 14.1. The van der Waals surface area contributed by atoms with Crippen LogP contribution in [0.5, 0.6) is 0 Å². The van der Waals surface area contributed by atoms with Gasteiger partial charge in [0.1, 0.15) is 5.82 Å². The van der Waals surface area contributed by atoms with Gasteiger partial charge in [0.25, 0.3) is 0 Å². The maximum absolute atomic E-state index is 4.45. The third kappa shape index (κ3) is 3.36. The van der Waals surface area contributed by atoms with Gasteiger partial charge in [0.15, 0.2) is 0 Å². The normalized spacial score (nSPS) is 10.8. The van der Waals surface area contributed by atoms with E-state index in [1.54, 1.807) is 6.20 Å². The Hall–Kier alpha value is -3.20. The molecule has 0 saturated carbocycles. The van der Waals surface area contributed by atoms with E-state index in [1.807, 2.05) is 24.5 Å². The van der Waals surface area contributed by atoms with Crippen molar-refractivity contribution >= 4 is 16.6 Å². The van der Waals surface area contributed by atoms with Crippen LogP contribution in [0.25, 0.3) is 21.9 Å². The summed E-state index contributed by atoms with van der Waals surface area (Å²) in [6.45, 7) is 2.85. The van der Waals surface area contributed by atoms with Gasteiger partial charge in [-0.1, -0.05) is 54.1 Å². The summed E-state index contributed by atoms with van der Waals surface area (Å²) in [5, 5.41) is 5.61. The van der Waals surface area contributed by atoms with Gasteiger partial charge >= 0.3 is 0 Å². The van der Waals surface area contributed by atoms with Crippen LogP contribution in [0.3, 0.4) is 0 Å². The molecule has 0 unspecified atom stereocenters. The van der Waals surface area contributed by atoms with Gasteiger partial charge in [-0.25, -0.2) is 4.98 Å². The lowest BCUT2D eigenvalue weighted by Gasteiger charge is -2.09. The number of rotatable bonds is 4. The highest BCUT2D eigenvalue weighted by Crippen LogP contribution is 2.22. The lowest BCUT2D eigenvalue weighted by molar-refractivity contribution is 1.12. The molecule has 0 amide bonds. The van der Waals surface area contributed by atoms with E-state index >= 15 is 0 Å². The minimum atomic E-state index is 0.731. The van der Waals surface area contributed by atoms with Crippen LogP contribution in [0, 0.1) is 6.92 Å². The predicted molar refractivity (Wildman–Crippen MR) is 103 cm³/mol. The van der Waals surface area contributed by atoms with Crippen molar-refractivity contribution in [2.75, 3.05) is 5.32 Å². The number of benzene rings is 2. The van der Waals surface area contributed by atoms with Gasteiger partial charge in [0.2, 0.25) is 0 Å². The molecule has 0 atom stereocenters. The Kier molecular flexibility index (Phi) is 4.13. The standard InChI is InChI=1S/C22H19N3/c1-16-3-2-4-20(13-16)18-7-5-17(6-8-18)14-25-22-21-15-23-11-9-19(21)10-12-24-22/h2-13,15H,14H2,1H3,(H,24,25). The number of hydrogen-bond acceptors (Lipinski definition) is 3. The molecule has 3 nitrogen and oxygen atoms in total. The third-order valence-electron chi connectivity index (χ3n) is 4.33. The molecule has 2 heterocycles. The summed E-state index contributed by atoms with van der Waals surface area (Å²) in [6.07, 6.45) is 5.48. The Labute approximate surface area is 147 Å². The fourth-order valence-corrected chi connectivity index (χ4v) is 2.98. The second kappa shape index (κ2) is 6.73. The average molecular weight is 325 g/mol. The van der Waals surface area contributed by atoms with Gasteiger partial charge in [0, 0.05) is 30.5 Å². The predicted octanol–water partition coefficient (Wildman–Crippen LogP) is 5.22. The van der Waals surface area contributed by atoms with Crippen LogP contribution in [-0.2, 0) is 6.54 Å². The van der Waals surface area contributed by atoms with Crippen molar-refractivity contribution in [3.05, 3.63) is 90.4 Å². The van der Waals surface area contributed by atoms with E-state index in [2.05, 4.69) is 70.7 Å². The number of fused-ring (bicyclic) bond motifs is 1. The molecule has 0 bridgehead atoms. The number of aromatic nitrogens is 2. The molecule has 122 valence electrons. The number of aryl methyl sites for hydroxylation is 1. The molecule has 0 aliphatic carbocycles. The van der Waals surface area contributed by atoms with E-state index in [4.69, 9.17) is 0 Å². The highest BCUT2D eigenvalue weighted by molar-refractivity contribution is 5.90. The van der Waals surface area contributed by atoms with Crippen LogP contribution in [0.1, 0.15) is 11.1 Å². The molecule has 1 N–H and O–H groups in total. The number of pyridine rings is 2. The summed E-state index contributed by atoms with van der Waals surface area (Å²) >= 11 is 0. The highest BCUT2D eigenvalue weighted by atomic mass is 15.0. The van der Waals surface area contributed by atoms with Gasteiger partial charge in [-0.2, -0.15) is 0 Å². The molecule has 2 aromatic heterocycles. The Morgan fingerprint density at radius 3 is 2.56 bits per heavy atom. The van der Waals surface area contributed by atoms with Crippen molar-refractivity contribution < 1.29 is 0 Å². The van der Waals surface area contributed by atoms with Crippen molar-refractivity contribution in [3.63, 3.8) is 0 Å². The van der Waals surface area contributed by atoms with Gasteiger partial charge in [-0.05, 0) is 41.1 Å². The molecule has 3 heteroatoms. The van der Waals surface area contributed by atoms with Crippen molar-refractivity contribution in [1.29, 1.82) is 0 Å². The fourth-order valence-electron chi connectivity index (χ4n) is 2.98. The van der Waals surface area contributed by atoms with E-state index in [-0.39, 0.29) is 0 Å². The summed E-state index contributed by atoms with van der Waals surface area (Å²) in [5.74, 6) is 0.869. The van der Waals surface area contributed by atoms with Gasteiger partial charge in [-0.15, -0.1) is 0 Å². The molecule has 0 radical (unpaired) electrons. The minimum Gasteiger partial charge on any atom is -0.365 e. The van der Waals surface area contributed by atoms with Gasteiger partial charge < -0.3 is 5.32 Å². The van der Waals surface area contributed by atoms with Crippen LogP contribution in [0.4, 0.5) is 5.82 Å². The SMILES string of the molecule is Cc1cccc(-c2ccc(CNc3nccc4ccncc34)cc2)c1. The summed E-state index contributed by atoms with van der Waals surface area (Å²) in [6, 6.07) is 21.2. The largest absolute Gasteiger partial charge is 0.365 e. The number of hydrogen-bond donors (Lipinski definition) is 1. The molecule has 2 aromatic carbocycles. The zero-order valence-corrected chi connectivity index (χ0v) is 14.1. The Balaban J connectivity index is 1.52. The van der Waals surface area contributed by atoms with E-state index in [9.17, 15) is 0 Å². The van der Waals surface area contributed by atoms with Gasteiger partial charge in [-0.3, -0.25) is 4.98 Å². The molecule has 4 rings (SSSR count). The summed E-state index contributed by atoms with van der Waals surface area (Å²) in [7, 11) is 0. The third-order valence-corrected chi connectivity index (χ3v) is 4.33. The van der Waals surface area contributed by atoms with Crippen molar-refractivity contribution in [2.24, 2.45) is 0 Å². The second-order valence-electron chi connectivity index (χ2n) is 6.18. The number of nitrogens with zero attached hydrogens (tertiary/aromatic N) is 2. The lowest BCUT2D eigenvalue weighted by atomic mass is 10.0. The van der Waals surface area contributed by atoms with E-state index in [0.717, 1.165) is 23.1 Å². The maximum atomic E-state index is 4.45. The van der Waals surface area contributed by atoms with Crippen molar-refractivity contribution in [3.8, 4) is 11.1 Å². The summed E-state index contributed by atoms with van der Waals surface area (Å²) in [4.78, 5) is 8.65. The minimum absolute atomic E-state index is 0.731. The van der Waals surface area contributed by atoms with Crippen molar-refractivity contribution in [2.45, 2.75) is 13.5 Å². The first-order valence-electron chi connectivity index (χ1n) is 8.38. The monoisotopic (exact) mass is 325 g/mol. The van der Waals surface area contributed by atoms with Gasteiger partial charge in [0.05, 0.1) is 0 Å². The average Bonchev–Trinajstić information content (AvgIpc) is 2.67. The first-order valence-corrected chi connectivity index (χ1v) is 8.38. The van der Waals surface area contributed by atoms with Crippen LogP contribution in [0.15, 0.2) is 79.3 Å². The zero-order chi connectivity index (χ0) is 17.1. The van der Waals surface area contributed by atoms with Crippen LogP contribution >= 0.6 is 0 Å². The van der Waals surface area contributed by atoms with E-state index < -0.39 is 0 Å². The quantitative estimate of drug-likeness (QED) is 0.559. The molecule has 0 fully saturated rings. The fraction of sp³-hybridized carbons (Fsp3) is 0.0909. The first kappa shape index (κ1) is 15.3. The Bertz CT molecular complexity index is 1000. The molecular formula is C22H19N3. The summed E-state index contributed by atoms with van der Waals surface area (Å²) < 4.78 is 0. The number of nitrogens with one attached hydrogen (secondary N) is 1. The smallest absolute Gasteiger partial charge is 0.135 e. The Morgan fingerprint density at radius 1 is 0.880 bits per heavy atom. The van der Waals surface area contributed by atoms with E-state index in [0.29, 0.717) is 0 Å². The van der Waals surface area contributed by atoms with Crippen molar-refractivity contribution in [1.82, 2.24) is 9.97 Å². The lowest BCUT2D eigenvalue weighted by Crippen LogP contribution is -2.02. The first-order chi connectivity index (χ1) is 12.3. The second-order valence-corrected chi connectivity index (χ2v) is 6.18. The highest BCUT2D eigenvalue weighted by Gasteiger charge is 2.03. The Morgan fingerprint density at radius 2 is 1.72 bits per heavy atom.